The minimum absolute atomic E-state index is 0.204. The molecule has 0 unspecified atom stereocenters. The van der Waals surface area contributed by atoms with Gasteiger partial charge in [0.15, 0.2) is 17.2 Å². The van der Waals surface area contributed by atoms with Gasteiger partial charge in [-0.25, -0.2) is 24.9 Å². The number of hydrogen-bond acceptors (Lipinski definition) is 8. The molecule has 11 nitrogen and oxygen atoms in total. The highest BCUT2D eigenvalue weighted by atomic mass is 19.4. The van der Waals surface area contributed by atoms with Crippen LogP contribution in [0, 0.1) is 5.41 Å². The van der Waals surface area contributed by atoms with E-state index in [9.17, 15) is 13.2 Å². The number of imidazole rings is 2. The summed E-state index contributed by atoms with van der Waals surface area (Å²) in [6.45, 7) is 1.10. The molecule has 0 amide bonds. The molecule has 0 radical (unpaired) electrons. The lowest BCUT2D eigenvalue weighted by Crippen LogP contribution is -2.26. The van der Waals surface area contributed by atoms with E-state index >= 15 is 0 Å². The lowest BCUT2D eigenvalue weighted by molar-refractivity contribution is -0.140. The van der Waals surface area contributed by atoms with Gasteiger partial charge in [0.25, 0.3) is 0 Å². The van der Waals surface area contributed by atoms with Crippen LogP contribution >= 0.6 is 0 Å². The average Bonchev–Trinajstić information content (AvgIpc) is 3.70. The summed E-state index contributed by atoms with van der Waals surface area (Å²) in [7, 11) is 4.67. The van der Waals surface area contributed by atoms with Crippen LogP contribution in [0.2, 0.25) is 0 Å². The molecule has 14 heteroatoms. The number of fused-ring (bicyclic) bond motifs is 1. The molecular weight excluding hydrogens is 551 g/mol. The van der Waals surface area contributed by atoms with E-state index in [0.717, 1.165) is 30.3 Å². The van der Waals surface area contributed by atoms with Crippen molar-refractivity contribution in [1.82, 2.24) is 38.6 Å². The van der Waals surface area contributed by atoms with Gasteiger partial charge < -0.3 is 18.6 Å². The smallest absolute Gasteiger partial charge is 0.434 e. The Kier molecular flexibility index (Phi) is 7.01. The predicted octanol–water partition coefficient (Wildman–Crippen LogP) is 4.17. The van der Waals surface area contributed by atoms with Crippen molar-refractivity contribution >= 4 is 11.2 Å². The van der Waals surface area contributed by atoms with Gasteiger partial charge in [0.1, 0.15) is 23.2 Å². The molecule has 1 aromatic carbocycles. The van der Waals surface area contributed by atoms with E-state index in [0.29, 0.717) is 59.6 Å². The van der Waals surface area contributed by atoms with Crippen molar-refractivity contribution in [3.05, 3.63) is 65.6 Å². The number of ether oxygens (including phenoxy) is 2. The summed E-state index contributed by atoms with van der Waals surface area (Å²) < 4.78 is 55.2. The number of aryl methyl sites for hydroxylation is 1. The zero-order valence-electron chi connectivity index (χ0n) is 23.2. The number of hydrogen-bond donors (Lipinski definition) is 1. The maximum Gasteiger partial charge on any atom is 0.434 e. The molecule has 1 saturated carbocycles. The summed E-state index contributed by atoms with van der Waals surface area (Å²) in [5.74, 6) is 1.30. The van der Waals surface area contributed by atoms with E-state index in [1.807, 2.05) is 12.1 Å². The third-order valence-corrected chi connectivity index (χ3v) is 7.27. The number of rotatable bonds is 9. The van der Waals surface area contributed by atoms with Crippen molar-refractivity contribution in [2.75, 3.05) is 20.8 Å². The molecule has 0 atom stereocenters. The fraction of sp³-hybridized carbons (Fsp3) is 0.357. The van der Waals surface area contributed by atoms with Crippen molar-refractivity contribution < 1.29 is 22.6 Å². The molecule has 0 bridgehead atoms. The van der Waals surface area contributed by atoms with Gasteiger partial charge in [-0.3, -0.25) is 9.98 Å². The van der Waals surface area contributed by atoms with Crippen molar-refractivity contribution in [3.8, 4) is 28.7 Å². The molecule has 5 aromatic rings. The maximum absolute atomic E-state index is 13.2. The molecule has 1 fully saturated rings. The summed E-state index contributed by atoms with van der Waals surface area (Å²) in [4.78, 5) is 22.1. The Hall–Kier alpha value is -4.59. The van der Waals surface area contributed by atoms with Crippen LogP contribution in [0.5, 0.6) is 5.88 Å². The van der Waals surface area contributed by atoms with Crippen molar-refractivity contribution in [1.29, 1.82) is 5.41 Å². The molecule has 4 aromatic heterocycles. The first kappa shape index (κ1) is 27.6. The molecule has 1 aliphatic carbocycles. The van der Waals surface area contributed by atoms with Crippen LogP contribution < -0.4 is 10.4 Å². The van der Waals surface area contributed by atoms with E-state index in [2.05, 4.69) is 19.9 Å². The summed E-state index contributed by atoms with van der Waals surface area (Å²) in [5, 5.41) is 8.98. The molecule has 0 saturated heterocycles. The highest BCUT2D eigenvalue weighted by Crippen LogP contribution is 2.44. The topological polar surface area (TPSA) is 122 Å². The minimum Gasteiger partial charge on any atom is -0.480 e. The van der Waals surface area contributed by atoms with E-state index < -0.39 is 11.9 Å². The van der Waals surface area contributed by atoms with Gasteiger partial charge in [-0.05, 0) is 18.4 Å². The molecule has 1 N–H and O–H groups in total. The third-order valence-electron chi connectivity index (χ3n) is 7.27. The van der Waals surface area contributed by atoms with Crippen LogP contribution in [0.3, 0.4) is 0 Å². The Balaban J connectivity index is 1.41. The van der Waals surface area contributed by atoms with E-state index in [4.69, 9.17) is 19.9 Å². The van der Waals surface area contributed by atoms with Crippen LogP contribution in [0.15, 0.2) is 43.0 Å². The van der Waals surface area contributed by atoms with Crippen LogP contribution in [-0.4, -0.2) is 59.4 Å². The van der Waals surface area contributed by atoms with Gasteiger partial charge in [0.05, 0.1) is 32.2 Å². The average molecular weight is 580 g/mol. The van der Waals surface area contributed by atoms with E-state index in [-0.39, 0.29) is 11.4 Å². The van der Waals surface area contributed by atoms with Crippen LogP contribution in [-0.2, 0) is 31.1 Å². The number of alkyl halides is 3. The first-order valence-corrected chi connectivity index (χ1v) is 13.3. The number of benzene rings is 1. The molecule has 0 aliphatic heterocycles. The Morgan fingerprint density at radius 3 is 2.43 bits per heavy atom. The number of nitrogens with one attached hydrogen (secondary N) is 1. The molecule has 218 valence electrons. The number of aromatic nitrogens is 8. The van der Waals surface area contributed by atoms with Gasteiger partial charge in [-0.15, -0.1) is 0 Å². The number of nitrogens with zero attached hydrogens (tertiary/aromatic N) is 8. The zero-order valence-corrected chi connectivity index (χ0v) is 23.2. The molecule has 0 spiro atoms. The van der Waals surface area contributed by atoms with E-state index in [1.165, 1.54) is 17.9 Å². The van der Waals surface area contributed by atoms with Crippen molar-refractivity contribution in [2.45, 2.75) is 38.0 Å². The molecule has 42 heavy (non-hydrogen) atoms. The number of halogens is 3. The van der Waals surface area contributed by atoms with Crippen LogP contribution in [0.4, 0.5) is 13.2 Å². The normalized spacial score (nSPS) is 13.7. The van der Waals surface area contributed by atoms with E-state index in [1.54, 1.807) is 41.7 Å². The Bertz CT molecular complexity index is 1820. The quantitative estimate of drug-likeness (QED) is 0.278. The third kappa shape index (κ3) is 5.02. The zero-order chi connectivity index (χ0) is 29.6. The van der Waals surface area contributed by atoms with Crippen molar-refractivity contribution in [2.24, 2.45) is 7.05 Å². The second kappa shape index (κ2) is 10.7. The SMILES string of the molecule is COCCn1c(=N)n(Cc2ccc(-c3nc(C(F)(F)F)cn3C)cc2)c2nc(-c3c(OC)ncnc3C3CC3)ncc21. The highest BCUT2D eigenvalue weighted by molar-refractivity contribution is 5.76. The van der Waals surface area contributed by atoms with Crippen LogP contribution in [0.25, 0.3) is 33.9 Å². The highest BCUT2D eigenvalue weighted by Gasteiger charge is 2.35. The van der Waals surface area contributed by atoms with Gasteiger partial charge in [-0.2, -0.15) is 13.2 Å². The first-order valence-electron chi connectivity index (χ1n) is 13.3. The summed E-state index contributed by atoms with van der Waals surface area (Å²) in [6.07, 6.45) is 1.66. The predicted molar refractivity (Wildman–Crippen MR) is 146 cm³/mol. The largest absolute Gasteiger partial charge is 0.480 e. The van der Waals surface area contributed by atoms with Gasteiger partial charge in [0, 0.05) is 38.4 Å². The molecule has 1 aliphatic rings. The van der Waals surface area contributed by atoms with Gasteiger partial charge in [-0.1, -0.05) is 24.3 Å². The van der Waals surface area contributed by atoms with Gasteiger partial charge in [0.2, 0.25) is 11.5 Å². The molecule has 6 rings (SSSR count). The minimum atomic E-state index is -4.52. The Labute approximate surface area is 238 Å². The standard InChI is InChI=1S/C28H28F3N9O2/c1-38-14-20(28(29,30)31)36-24(38)18-6-4-16(5-7-18)13-40-25-19(39(27(40)32)10-11-41-2)12-33-23(37-25)21-22(17-8-9-17)34-15-35-26(21)42-3/h4-7,12,14-15,17,32H,8-11,13H2,1-3H3. The lowest BCUT2D eigenvalue weighted by atomic mass is 10.1. The fourth-order valence-corrected chi connectivity index (χ4v) is 5.02. The molecule has 4 heterocycles. The molecular formula is C28H28F3N9O2. The second-order valence-electron chi connectivity index (χ2n) is 10.1. The van der Waals surface area contributed by atoms with Gasteiger partial charge >= 0.3 is 6.18 Å². The van der Waals surface area contributed by atoms with Crippen LogP contribution in [0.1, 0.15) is 35.7 Å². The Morgan fingerprint density at radius 2 is 1.79 bits per heavy atom. The summed E-state index contributed by atoms with van der Waals surface area (Å²) in [5.41, 5.74) is 3.32. The van der Waals surface area contributed by atoms with Crippen molar-refractivity contribution in [3.63, 3.8) is 0 Å². The number of methoxy groups -OCH3 is 2. The lowest BCUT2D eigenvalue weighted by Gasteiger charge is -2.11. The Morgan fingerprint density at radius 1 is 1.02 bits per heavy atom. The fourth-order valence-electron chi connectivity index (χ4n) is 5.02. The summed E-state index contributed by atoms with van der Waals surface area (Å²) >= 11 is 0. The maximum atomic E-state index is 13.2. The monoisotopic (exact) mass is 579 g/mol. The first-order chi connectivity index (χ1) is 20.2. The second-order valence-corrected chi connectivity index (χ2v) is 10.1. The summed E-state index contributed by atoms with van der Waals surface area (Å²) in [6, 6.07) is 7.06.